The number of unbranched alkanes of at least 4 members (excludes halogenated alkanes) is 1. The Bertz CT molecular complexity index is 226. The van der Waals surface area contributed by atoms with Crippen LogP contribution in [0.3, 0.4) is 0 Å². The summed E-state index contributed by atoms with van der Waals surface area (Å²) in [7, 11) is 1.44. The molecule has 0 rings (SSSR count). The van der Waals surface area contributed by atoms with Gasteiger partial charge < -0.3 is 15.2 Å². The van der Waals surface area contributed by atoms with Gasteiger partial charge in [-0.25, -0.2) is 4.79 Å². The number of aliphatic carboxylic acids is 1. The molecule has 0 aliphatic carbocycles. The van der Waals surface area contributed by atoms with Gasteiger partial charge in [0.15, 0.2) is 0 Å². The van der Waals surface area contributed by atoms with E-state index in [2.05, 4.69) is 5.32 Å². The number of rotatable bonds is 8. The van der Waals surface area contributed by atoms with Crippen molar-refractivity contribution in [2.75, 3.05) is 7.11 Å². The topological polar surface area (TPSA) is 75.6 Å². The maximum atomic E-state index is 11.6. The number of carbonyl (C=O) groups is 2. The molecule has 0 aliphatic heterocycles. The zero-order valence-corrected chi connectivity index (χ0v) is 10.2. The molecule has 5 nitrogen and oxygen atoms in total. The summed E-state index contributed by atoms with van der Waals surface area (Å²) in [5.74, 6) is -1.35. The molecule has 0 saturated heterocycles. The van der Waals surface area contributed by atoms with Gasteiger partial charge in [-0.05, 0) is 12.8 Å². The van der Waals surface area contributed by atoms with Gasteiger partial charge in [0.1, 0.15) is 12.1 Å². The number of hydrogen-bond acceptors (Lipinski definition) is 3. The highest BCUT2D eigenvalue weighted by Crippen LogP contribution is 2.03. The van der Waals surface area contributed by atoms with Crippen LogP contribution in [-0.2, 0) is 14.3 Å². The maximum Gasteiger partial charge on any atom is 0.326 e. The lowest BCUT2D eigenvalue weighted by Crippen LogP contribution is -2.45. The fraction of sp³-hybridized carbons (Fsp3) is 0.818. The average Bonchev–Trinajstić information content (AvgIpc) is 2.25. The summed E-state index contributed by atoms with van der Waals surface area (Å²) < 4.78 is 4.94. The second-order valence-corrected chi connectivity index (χ2v) is 3.67. The van der Waals surface area contributed by atoms with Gasteiger partial charge in [-0.15, -0.1) is 0 Å². The molecule has 0 heterocycles. The second kappa shape index (κ2) is 8.10. The Kier molecular flexibility index (Phi) is 7.54. The van der Waals surface area contributed by atoms with Gasteiger partial charge in [-0.2, -0.15) is 0 Å². The number of carboxylic acids is 1. The number of hydrogen-bond donors (Lipinski definition) is 2. The van der Waals surface area contributed by atoms with Gasteiger partial charge in [0.05, 0.1) is 0 Å². The number of ether oxygens (including phenoxy) is 1. The molecule has 16 heavy (non-hydrogen) atoms. The number of nitrogens with one attached hydrogen (secondary N) is 1. The standard InChI is InChI=1S/C11H21NO4/c1-4-6-7-8(11(14)15)12-10(13)9(5-2)16-3/h8-9H,4-7H2,1-3H3,(H,12,13)(H,14,15). The molecule has 0 aromatic heterocycles. The van der Waals surface area contributed by atoms with E-state index in [-0.39, 0.29) is 5.91 Å². The van der Waals surface area contributed by atoms with E-state index in [0.717, 1.165) is 12.8 Å². The lowest BCUT2D eigenvalue weighted by Gasteiger charge is -2.18. The SMILES string of the molecule is CCCCC(NC(=O)C(CC)OC)C(=O)O. The van der Waals surface area contributed by atoms with Crippen molar-refractivity contribution in [3.63, 3.8) is 0 Å². The third kappa shape index (κ3) is 5.11. The maximum absolute atomic E-state index is 11.6. The first kappa shape index (κ1) is 14.9. The van der Waals surface area contributed by atoms with E-state index in [4.69, 9.17) is 9.84 Å². The Balaban J connectivity index is 4.27. The highest BCUT2D eigenvalue weighted by atomic mass is 16.5. The van der Waals surface area contributed by atoms with Crippen LogP contribution in [0.25, 0.3) is 0 Å². The second-order valence-electron chi connectivity index (χ2n) is 3.67. The van der Waals surface area contributed by atoms with E-state index < -0.39 is 18.1 Å². The smallest absolute Gasteiger partial charge is 0.326 e. The number of carbonyl (C=O) groups excluding carboxylic acids is 1. The first-order valence-corrected chi connectivity index (χ1v) is 5.62. The van der Waals surface area contributed by atoms with Crippen LogP contribution in [0, 0.1) is 0 Å². The molecule has 5 heteroatoms. The fourth-order valence-corrected chi connectivity index (χ4v) is 1.39. The summed E-state index contributed by atoms with van der Waals surface area (Å²) in [5.41, 5.74) is 0. The van der Waals surface area contributed by atoms with E-state index in [1.54, 1.807) is 0 Å². The van der Waals surface area contributed by atoms with Crippen LogP contribution in [-0.4, -0.2) is 36.2 Å². The van der Waals surface area contributed by atoms with Gasteiger partial charge in [0, 0.05) is 7.11 Å². The van der Waals surface area contributed by atoms with Crippen molar-refractivity contribution < 1.29 is 19.4 Å². The number of amides is 1. The van der Waals surface area contributed by atoms with Crippen molar-refractivity contribution in [2.24, 2.45) is 0 Å². The molecule has 0 aromatic carbocycles. The molecular weight excluding hydrogens is 210 g/mol. The quantitative estimate of drug-likeness (QED) is 0.657. The largest absolute Gasteiger partial charge is 0.480 e. The minimum atomic E-state index is -0.993. The molecule has 2 unspecified atom stereocenters. The molecular formula is C11H21NO4. The van der Waals surface area contributed by atoms with Crippen LogP contribution in [0.5, 0.6) is 0 Å². The number of methoxy groups -OCH3 is 1. The minimum Gasteiger partial charge on any atom is -0.480 e. The molecule has 0 aliphatic rings. The van der Waals surface area contributed by atoms with Gasteiger partial charge in [0.2, 0.25) is 5.91 Å². The summed E-state index contributed by atoms with van der Waals surface area (Å²) in [6.45, 7) is 3.79. The lowest BCUT2D eigenvalue weighted by atomic mass is 10.1. The van der Waals surface area contributed by atoms with Crippen molar-refractivity contribution >= 4 is 11.9 Å². The molecule has 0 saturated carbocycles. The summed E-state index contributed by atoms with van der Waals surface area (Å²) in [6.07, 6.45) is 2.10. The van der Waals surface area contributed by atoms with Crippen molar-refractivity contribution in [1.82, 2.24) is 5.32 Å². The van der Waals surface area contributed by atoms with Crippen molar-refractivity contribution in [3.05, 3.63) is 0 Å². The Morgan fingerprint density at radius 1 is 1.38 bits per heavy atom. The monoisotopic (exact) mass is 231 g/mol. The Morgan fingerprint density at radius 3 is 2.38 bits per heavy atom. The van der Waals surface area contributed by atoms with Gasteiger partial charge >= 0.3 is 5.97 Å². The normalized spacial score (nSPS) is 14.2. The average molecular weight is 231 g/mol. The van der Waals surface area contributed by atoms with Crippen LogP contribution in [0.4, 0.5) is 0 Å². The molecule has 2 atom stereocenters. The molecule has 94 valence electrons. The summed E-state index contributed by atoms with van der Waals surface area (Å²) in [4.78, 5) is 22.5. The van der Waals surface area contributed by atoms with Gasteiger partial charge in [-0.1, -0.05) is 26.7 Å². The highest BCUT2D eigenvalue weighted by Gasteiger charge is 2.23. The predicted molar refractivity (Wildman–Crippen MR) is 60.2 cm³/mol. The molecule has 0 radical (unpaired) electrons. The summed E-state index contributed by atoms with van der Waals surface area (Å²) in [5, 5.41) is 11.4. The summed E-state index contributed by atoms with van der Waals surface area (Å²) >= 11 is 0. The molecule has 1 amide bonds. The Morgan fingerprint density at radius 2 is 2.00 bits per heavy atom. The van der Waals surface area contributed by atoms with Crippen LogP contribution in [0.15, 0.2) is 0 Å². The van der Waals surface area contributed by atoms with Crippen molar-refractivity contribution in [3.8, 4) is 0 Å². The molecule has 0 spiro atoms. The highest BCUT2D eigenvalue weighted by molar-refractivity contribution is 5.86. The Labute approximate surface area is 96.2 Å². The first-order valence-electron chi connectivity index (χ1n) is 5.62. The van der Waals surface area contributed by atoms with Gasteiger partial charge in [0.25, 0.3) is 0 Å². The van der Waals surface area contributed by atoms with E-state index in [1.807, 2.05) is 13.8 Å². The predicted octanol–water partition coefficient (Wildman–Crippen LogP) is 1.17. The van der Waals surface area contributed by atoms with Crippen LogP contribution in [0.2, 0.25) is 0 Å². The van der Waals surface area contributed by atoms with Crippen LogP contribution < -0.4 is 5.32 Å². The Hall–Kier alpha value is -1.10. The van der Waals surface area contributed by atoms with E-state index in [9.17, 15) is 9.59 Å². The third-order valence-electron chi connectivity index (χ3n) is 2.41. The third-order valence-corrected chi connectivity index (χ3v) is 2.41. The van der Waals surface area contributed by atoms with Gasteiger partial charge in [-0.3, -0.25) is 4.79 Å². The minimum absolute atomic E-state index is 0.353. The zero-order chi connectivity index (χ0) is 12.6. The van der Waals surface area contributed by atoms with E-state index in [0.29, 0.717) is 12.8 Å². The van der Waals surface area contributed by atoms with E-state index in [1.165, 1.54) is 7.11 Å². The fourth-order valence-electron chi connectivity index (χ4n) is 1.39. The summed E-state index contributed by atoms with van der Waals surface area (Å²) in [6, 6.07) is -0.809. The molecule has 0 aromatic rings. The van der Waals surface area contributed by atoms with Crippen LogP contribution >= 0.6 is 0 Å². The first-order chi connectivity index (χ1) is 7.56. The lowest BCUT2D eigenvalue weighted by molar-refractivity contribution is -0.144. The zero-order valence-electron chi connectivity index (χ0n) is 10.2. The molecule has 0 fully saturated rings. The van der Waals surface area contributed by atoms with Crippen molar-refractivity contribution in [1.29, 1.82) is 0 Å². The number of carboxylic acid groups (broad SMARTS) is 1. The van der Waals surface area contributed by atoms with E-state index >= 15 is 0 Å². The van der Waals surface area contributed by atoms with Crippen molar-refractivity contribution in [2.45, 2.75) is 51.7 Å². The molecule has 0 bridgehead atoms. The van der Waals surface area contributed by atoms with Crippen LogP contribution in [0.1, 0.15) is 39.5 Å². The molecule has 2 N–H and O–H groups in total.